The number of carbonyl (C=O) groups is 1. The summed E-state index contributed by atoms with van der Waals surface area (Å²) in [5.74, 6) is -2.34. The summed E-state index contributed by atoms with van der Waals surface area (Å²) in [6.45, 7) is 5.26. The van der Waals surface area contributed by atoms with E-state index in [0.29, 0.717) is 24.3 Å². The summed E-state index contributed by atoms with van der Waals surface area (Å²) >= 11 is 6.04. The molecule has 0 radical (unpaired) electrons. The van der Waals surface area contributed by atoms with Crippen LogP contribution in [0.5, 0.6) is 0 Å². The number of aryl methyl sites for hydroxylation is 1. The van der Waals surface area contributed by atoms with Gasteiger partial charge in [-0.15, -0.1) is 0 Å². The molecule has 8 atom stereocenters. The topological polar surface area (TPSA) is 105 Å². The van der Waals surface area contributed by atoms with E-state index in [4.69, 9.17) is 25.8 Å². The fraction of sp³-hybridized carbons (Fsp3) is 0.708. The van der Waals surface area contributed by atoms with E-state index in [1.165, 1.54) is 0 Å². The lowest BCUT2D eigenvalue weighted by Crippen LogP contribution is -2.83. The molecule has 1 unspecified atom stereocenters. The Hall–Kier alpha value is -1.22. The first-order chi connectivity index (χ1) is 14.9. The summed E-state index contributed by atoms with van der Waals surface area (Å²) in [4.78, 5) is 13.0. The number of hydrogen-bond acceptors (Lipinski definition) is 7. The van der Waals surface area contributed by atoms with E-state index in [1.54, 1.807) is 26.0 Å². The van der Waals surface area contributed by atoms with Crippen molar-refractivity contribution in [3.8, 4) is 0 Å². The van der Waals surface area contributed by atoms with Crippen LogP contribution in [0.25, 0.3) is 0 Å². The number of benzene rings is 1. The highest BCUT2D eigenvalue weighted by Gasteiger charge is 2.86. The van der Waals surface area contributed by atoms with E-state index in [2.05, 4.69) is 0 Å². The Labute approximate surface area is 192 Å². The Bertz CT molecular complexity index is 952. The Kier molecular flexibility index (Phi) is 4.87. The zero-order valence-corrected chi connectivity index (χ0v) is 19.4. The minimum atomic E-state index is -1.75. The first-order valence-electron chi connectivity index (χ1n) is 11.3. The quantitative estimate of drug-likeness (QED) is 0.585. The zero-order chi connectivity index (χ0) is 23.2. The standard InChI is InChI=1S/C24H31ClO7/c1-14-9-10-23(29)20(2)13-30-19-18(27)22(14,23)12-24(32-19,21(20,3)28)31-17(26)8-7-15-5-4-6-16(25)11-15/h4-6,11,14,18-19,27-29H,7-10,12-13H2,1-3H3/t14-,18+,19?,20+,21-,22-,23+,24-/m1/s1. The van der Waals surface area contributed by atoms with E-state index in [1.807, 2.05) is 19.1 Å². The van der Waals surface area contributed by atoms with Gasteiger partial charge in [0.25, 0.3) is 0 Å². The molecule has 7 nitrogen and oxygen atoms in total. The van der Waals surface area contributed by atoms with Crippen LogP contribution in [0.3, 0.4) is 0 Å². The Morgan fingerprint density at radius 1 is 1.31 bits per heavy atom. The average molecular weight is 467 g/mol. The molecule has 3 heterocycles. The largest absolute Gasteiger partial charge is 0.430 e. The highest BCUT2D eigenvalue weighted by Crippen LogP contribution is 2.74. The Morgan fingerprint density at radius 2 is 2.06 bits per heavy atom. The van der Waals surface area contributed by atoms with Gasteiger partial charge in [-0.3, -0.25) is 4.79 Å². The van der Waals surface area contributed by atoms with Crippen molar-refractivity contribution in [1.82, 2.24) is 0 Å². The minimum absolute atomic E-state index is 0.00416. The molecule has 32 heavy (non-hydrogen) atoms. The molecule has 3 saturated heterocycles. The number of hydrogen-bond donors (Lipinski definition) is 3. The fourth-order valence-electron chi connectivity index (χ4n) is 7.07. The van der Waals surface area contributed by atoms with Gasteiger partial charge in [0.05, 0.1) is 17.6 Å². The van der Waals surface area contributed by atoms with Gasteiger partial charge >= 0.3 is 5.97 Å². The van der Waals surface area contributed by atoms with Crippen LogP contribution in [-0.2, 0) is 25.4 Å². The molecule has 0 aromatic heterocycles. The third-order valence-corrected chi connectivity index (χ3v) is 9.49. The van der Waals surface area contributed by atoms with Crippen LogP contribution in [0.4, 0.5) is 0 Å². The number of rotatable bonds is 4. The van der Waals surface area contributed by atoms with Gasteiger partial charge in [-0.25, -0.2) is 0 Å². The Balaban J connectivity index is 1.50. The molecular formula is C24H31ClO7. The van der Waals surface area contributed by atoms with E-state index >= 15 is 0 Å². The smallest absolute Gasteiger partial charge is 0.308 e. The van der Waals surface area contributed by atoms with Crippen LogP contribution >= 0.6 is 11.6 Å². The SMILES string of the molecule is C[C@@H]1CC[C@@]2(O)[C@]13C[C@@]1(OC(=O)CCc4cccc(Cl)c4)OC(OC[C@@]2(C)[C@@]1(C)O)[C@@H]3O. The number of fused-ring (bicyclic) bond motifs is 1. The van der Waals surface area contributed by atoms with E-state index in [9.17, 15) is 20.1 Å². The van der Waals surface area contributed by atoms with Gasteiger partial charge < -0.3 is 29.5 Å². The lowest BCUT2D eigenvalue weighted by molar-refractivity contribution is -0.447. The molecule has 5 fully saturated rings. The summed E-state index contributed by atoms with van der Waals surface area (Å²) in [5.41, 5.74) is -4.48. The normalized spacial score (nSPS) is 49.0. The highest BCUT2D eigenvalue weighted by molar-refractivity contribution is 6.30. The summed E-state index contributed by atoms with van der Waals surface area (Å²) < 4.78 is 17.9. The molecule has 5 aliphatic rings. The first kappa shape index (κ1) is 22.6. The van der Waals surface area contributed by atoms with Gasteiger partial charge in [-0.2, -0.15) is 0 Å². The fourth-order valence-corrected chi connectivity index (χ4v) is 7.29. The highest BCUT2D eigenvalue weighted by atomic mass is 35.5. The zero-order valence-electron chi connectivity index (χ0n) is 18.6. The number of esters is 1. The first-order valence-corrected chi connectivity index (χ1v) is 11.7. The molecule has 176 valence electrons. The molecule has 4 bridgehead atoms. The van der Waals surface area contributed by atoms with Gasteiger partial charge in [0.15, 0.2) is 6.29 Å². The van der Waals surface area contributed by atoms with Gasteiger partial charge in [-0.1, -0.05) is 37.6 Å². The molecule has 2 saturated carbocycles. The second-order valence-electron chi connectivity index (χ2n) is 10.5. The maximum atomic E-state index is 13.0. The molecule has 3 N–H and O–H groups in total. The van der Waals surface area contributed by atoms with Crippen molar-refractivity contribution in [2.75, 3.05) is 6.61 Å². The number of carbonyl (C=O) groups excluding carboxylic acids is 1. The van der Waals surface area contributed by atoms with E-state index < -0.39 is 46.2 Å². The summed E-state index contributed by atoms with van der Waals surface area (Å²) in [6, 6.07) is 7.26. The predicted molar refractivity (Wildman–Crippen MR) is 115 cm³/mol. The summed E-state index contributed by atoms with van der Waals surface area (Å²) in [6.07, 6.45) is -0.599. The maximum Gasteiger partial charge on any atom is 0.308 e. The van der Waals surface area contributed by atoms with E-state index in [0.717, 1.165) is 5.56 Å². The molecule has 3 aliphatic heterocycles. The third kappa shape index (κ3) is 2.53. The second kappa shape index (κ2) is 6.90. The maximum absolute atomic E-state index is 13.0. The lowest BCUT2D eigenvalue weighted by atomic mass is 9.43. The summed E-state index contributed by atoms with van der Waals surface area (Å²) in [5, 5.41) is 35.8. The number of aliphatic hydroxyl groups excluding tert-OH is 1. The van der Waals surface area contributed by atoms with Crippen molar-refractivity contribution in [2.24, 2.45) is 16.7 Å². The lowest BCUT2D eigenvalue weighted by Gasteiger charge is -2.69. The second-order valence-corrected chi connectivity index (χ2v) is 11.0. The van der Waals surface area contributed by atoms with Crippen molar-refractivity contribution in [2.45, 2.75) is 82.3 Å². The molecule has 1 aromatic rings. The van der Waals surface area contributed by atoms with Crippen molar-refractivity contribution >= 4 is 17.6 Å². The van der Waals surface area contributed by atoms with Crippen molar-refractivity contribution in [3.63, 3.8) is 0 Å². The summed E-state index contributed by atoms with van der Waals surface area (Å²) in [7, 11) is 0. The monoisotopic (exact) mass is 466 g/mol. The van der Waals surface area contributed by atoms with Crippen molar-refractivity contribution < 1.29 is 34.3 Å². The Morgan fingerprint density at radius 3 is 2.78 bits per heavy atom. The molecule has 2 aliphatic carbocycles. The van der Waals surface area contributed by atoms with Crippen molar-refractivity contribution in [1.29, 1.82) is 0 Å². The number of aliphatic hydroxyl groups is 3. The molecule has 1 spiro atoms. The van der Waals surface area contributed by atoms with Crippen LogP contribution in [0.15, 0.2) is 24.3 Å². The predicted octanol–water partition coefficient (Wildman–Crippen LogP) is 2.57. The van der Waals surface area contributed by atoms with Crippen LogP contribution < -0.4 is 0 Å². The minimum Gasteiger partial charge on any atom is -0.430 e. The number of ether oxygens (including phenoxy) is 3. The van der Waals surface area contributed by atoms with Gasteiger partial charge in [-0.05, 0) is 49.8 Å². The third-order valence-electron chi connectivity index (χ3n) is 9.26. The number of halogens is 1. The van der Waals surface area contributed by atoms with E-state index in [-0.39, 0.29) is 25.4 Å². The molecule has 6 rings (SSSR count). The van der Waals surface area contributed by atoms with Gasteiger partial charge in [0, 0.05) is 23.3 Å². The molecule has 8 heteroatoms. The average Bonchev–Trinajstić information content (AvgIpc) is 2.94. The molecular weight excluding hydrogens is 436 g/mol. The molecule has 1 aromatic carbocycles. The van der Waals surface area contributed by atoms with Crippen LogP contribution in [0.1, 0.15) is 52.0 Å². The van der Waals surface area contributed by atoms with Gasteiger partial charge in [0.1, 0.15) is 11.7 Å². The molecule has 0 amide bonds. The van der Waals surface area contributed by atoms with Crippen LogP contribution in [0.2, 0.25) is 5.02 Å². The van der Waals surface area contributed by atoms with Crippen LogP contribution in [-0.4, -0.2) is 57.3 Å². The van der Waals surface area contributed by atoms with Gasteiger partial charge in [0.2, 0.25) is 5.79 Å². The van der Waals surface area contributed by atoms with Crippen molar-refractivity contribution in [3.05, 3.63) is 34.9 Å². The van der Waals surface area contributed by atoms with Crippen LogP contribution in [0, 0.1) is 16.7 Å².